The molecule has 0 aliphatic rings. The highest BCUT2D eigenvalue weighted by Crippen LogP contribution is 2.32. The van der Waals surface area contributed by atoms with Gasteiger partial charge in [-0.2, -0.15) is 0 Å². The Bertz CT molecular complexity index is 1580. The van der Waals surface area contributed by atoms with E-state index in [1.807, 2.05) is 24.3 Å². The number of thioether (sulfide) groups is 1. The van der Waals surface area contributed by atoms with Crippen LogP contribution in [0.1, 0.15) is 16.7 Å². The fourth-order valence-corrected chi connectivity index (χ4v) is 6.06. The van der Waals surface area contributed by atoms with Crippen LogP contribution in [-0.2, 0) is 11.3 Å². The van der Waals surface area contributed by atoms with Crippen molar-refractivity contribution in [2.75, 3.05) is 19.5 Å². The third-order valence-corrected chi connectivity index (χ3v) is 8.45. The van der Waals surface area contributed by atoms with Gasteiger partial charge >= 0.3 is 0 Å². The van der Waals surface area contributed by atoms with E-state index in [9.17, 15) is 5.11 Å². The predicted molar refractivity (Wildman–Crippen MR) is 174 cm³/mol. The first kappa shape index (κ1) is 29.2. The highest BCUT2D eigenvalue weighted by Gasteiger charge is 2.19. The molecule has 1 heterocycles. The van der Waals surface area contributed by atoms with E-state index in [1.165, 1.54) is 11.1 Å². The van der Waals surface area contributed by atoms with Gasteiger partial charge in [0, 0.05) is 27.6 Å². The quantitative estimate of drug-likeness (QED) is 0.114. The Labute approximate surface area is 258 Å². The number of ether oxygens (including phenoxy) is 2. The number of hydrogen-bond donors (Lipinski definition) is 1. The number of hydrogen-bond acceptors (Lipinski definition) is 6. The Hall–Kier alpha value is -3.34. The summed E-state index contributed by atoms with van der Waals surface area (Å²) < 4.78 is 15.1. The van der Waals surface area contributed by atoms with E-state index in [1.54, 1.807) is 31.0 Å². The van der Waals surface area contributed by atoms with Crippen molar-refractivity contribution < 1.29 is 14.6 Å². The normalized spacial score (nSPS) is 11.9. The molecule has 0 spiro atoms. The molecule has 0 amide bonds. The number of rotatable bonds is 11. The second-order valence-electron chi connectivity index (χ2n) is 9.92. The zero-order valence-electron chi connectivity index (χ0n) is 23.3. The standard InChI is InChI=1S/C33H32IN3O3S/c1-22-8-12-24(13-9-22)19-37-32(26-16-27(34)18-28(38)17-26)35-36-33(37)41-21-29(39-3)20-40-31-7-5-4-6-30(31)25-14-10-23(2)11-15-25/h4-18,29,38H,19-21H2,1-3H3. The number of phenolic OH excluding ortho intramolecular Hbond substituents is 1. The molecule has 0 saturated carbocycles. The second kappa shape index (κ2) is 13.5. The van der Waals surface area contributed by atoms with E-state index in [-0.39, 0.29) is 11.9 Å². The Kier molecular flexibility index (Phi) is 9.64. The molecule has 1 aromatic heterocycles. The summed E-state index contributed by atoms with van der Waals surface area (Å²) in [5, 5.41) is 20.1. The van der Waals surface area contributed by atoms with E-state index in [2.05, 4.69) is 106 Å². The van der Waals surface area contributed by atoms with Crippen molar-refractivity contribution in [1.82, 2.24) is 14.8 Å². The van der Waals surface area contributed by atoms with Crippen LogP contribution in [0.5, 0.6) is 11.5 Å². The van der Waals surface area contributed by atoms with Gasteiger partial charge in [-0.1, -0.05) is 89.6 Å². The first-order valence-electron chi connectivity index (χ1n) is 13.3. The van der Waals surface area contributed by atoms with Crippen LogP contribution in [0, 0.1) is 17.4 Å². The van der Waals surface area contributed by atoms with Gasteiger partial charge in [-0.25, -0.2) is 0 Å². The molecule has 0 fully saturated rings. The zero-order chi connectivity index (χ0) is 28.8. The molecule has 0 aliphatic carbocycles. The Balaban J connectivity index is 1.34. The maximum absolute atomic E-state index is 10.2. The fraction of sp³-hybridized carbons (Fsp3) is 0.212. The third kappa shape index (κ3) is 7.49. The minimum Gasteiger partial charge on any atom is -0.508 e. The highest BCUT2D eigenvalue weighted by atomic mass is 127. The molecular formula is C33H32IN3O3S. The van der Waals surface area contributed by atoms with Crippen LogP contribution in [0.2, 0.25) is 0 Å². The maximum atomic E-state index is 10.2. The number of nitrogens with zero attached hydrogens (tertiary/aromatic N) is 3. The molecule has 0 saturated heterocycles. The van der Waals surface area contributed by atoms with Crippen molar-refractivity contribution in [3.8, 4) is 34.0 Å². The molecule has 4 aromatic carbocycles. The van der Waals surface area contributed by atoms with E-state index in [0.717, 1.165) is 36.7 Å². The molecule has 210 valence electrons. The Morgan fingerprint density at radius 2 is 1.59 bits per heavy atom. The van der Waals surface area contributed by atoms with Gasteiger partial charge in [0.15, 0.2) is 11.0 Å². The van der Waals surface area contributed by atoms with Crippen molar-refractivity contribution in [3.05, 3.63) is 111 Å². The monoisotopic (exact) mass is 677 g/mol. The van der Waals surface area contributed by atoms with E-state index in [0.29, 0.717) is 24.7 Å². The molecule has 1 unspecified atom stereocenters. The summed E-state index contributed by atoms with van der Waals surface area (Å²) in [4.78, 5) is 0. The molecule has 0 bridgehead atoms. The minimum absolute atomic E-state index is 0.166. The number of para-hydroxylation sites is 1. The molecule has 1 atom stereocenters. The second-order valence-corrected chi connectivity index (χ2v) is 12.2. The first-order valence-corrected chi connectivity index (χ1v) is 15.4. The van der Waals surface area contributed by atoms with Crippen LogP contribution in [0.4, 0.5) is 0 Å². The molecule has 0 radical (unpaired) electrons. The minimum atomic E-state index is -0.166. The highest BCUT2D eigenvalue weighted by molar-refractivity contribution is 14.1. The van der Waals surface area contributed by atoms with Crippen molar-refractivity contribution in [1.29, 1.82) is 0 Å². The van der Waals surface area contributed by atoms with Gasteiger partial charge in [0.25, 0.3) is 0 Å². The number of aromatic nitrogens is 3. The number of phenols is 1. The van der Waals surface area contributed by atoms with E-state index >= 15 is 0 Å². The van der Waals surface area contributed by atoms with E-state index < -0.39 is 0 Å². The van der Waals surface area contributed by atoms with Gasteiger partial charge in [-0.05, 0) is 71.8 Å². The lowest BCUT2D eigenvalue weighted by atomic mass is 10.0. The summed E-state index contributed by atoms with van der Waals surface area (Å²) in [7, 11) is 1.71. The lowest BCUT2D eigenvalue weighted by molar-refractivity contribution is 0.0752. The van der Waals surface area contributed by atoms with Crippen molar-refractivity contribution in [2.24, 2.45) is 0 Å². The van der Waals surface area contributed by atoms with Crippen molar-refractivity contribution in [2.45, 2.75) is 31.7 Å². The van der Waals surface area contributed by atoms with Gasteiger partial charge in [0.1, 0.15) is 24.2 Å². The van der Waals surface area contributed by atoms with Crippen LogP contribution in [0.25, 0.3) is 22.5 Å². The fourth-order valence-electron chi connectivity index (χ4n) is 4.43. The topological polar surface area (TPSA) is 69.4 Å². The van der Waals surface area contributed by atoms with Gasteiger partial charge in [-0.15, -0.1) is 10.2 Å². The molecule has 41 heavy (non-hydrogen) atoms. The number of aromatic hydroxyl groups is 1. The van der Waals surface area contributed by atoms with Crippen molar-refractivity contribution in [3.63, 3.8) is 0 Å². The third-order valence-electron chi connectivity index (χ3n) is 6.72. The van der Waals surface area contributed by atoms with Gasteiger partial charge in [-0.3, -0.25) is 4.57 Å². The van der Waals surface area contributed by atoms with Crippen LogP contribution in [-0.4, -0.2) is 45.4 Å². The first-order chi connectivity index (χ1) is 19.9. The summed E-state index contributed by atoms with van der Waals surface area (Å²) in [6, 6.07) is 30.5. The summed E-state index contributed by atoms with van der Waals surface area (Å²) in [5.74, 6) is 2.37. The van der Waals surface area contributed by atoms with Crippen LogP contribution < -0.4 is 4.74 Å². The van der Waals surface area contributed by atoms with Crippen LogP contribution in [0.15, 0.2) is 96.2 Å². The molecule has 5 rings (SSSR count). The molecule has 5 aromatic rings. The van der Waals surface area contributed by atoms with E-state index in [4.69, 9.17) is 9.47 Å². The molecule has 6 nitrogen and oxygen atoms in total. The average Bonchev–Trinajstić information content (AvgIpc) is 3.36. The summed E-state index contributed by atoms with van der Waals surface area (Å²) >= 11 is 3.79. The Morgan fingerprint density at radius 1 is 0.878 bits per heavy atom. The van der Waals surface area contributed by atoms with Crippen LogP contribution in [0.3, 0.4) is 0 Å². The summed E-state index contributed by atoms with van der Waals surface area (Å²) in [5.41, 5.74) is 6.57. The van der Waals surface area contributed by atoms with Gasteiger partial charge < -0.3 is 14.6 Å². The molecular weight excluding hydrogens is 645 g/mol. The Morgan fingerprint density at radius 3 is 2.29 bits per heavy atom. The lowest BCUT2D eigenvalue weighted by Crippen LogP contribution is -2.23. The average molecular weight is 678 g/mol. The lowest BCUT2D eigenvalue weighted by Gasteiger charge is -2.18. The SMILES string of the molecule is COC(COc1ccccc1-c1ccc(C)cc1)CSc1nnc(-c2cc(O)cc(I)c2)n1Cc1ccc(C)cc1. The number of benzene rings is 4. The molecule has 0 aliphatic heterocycles. The van der Waals surface area contributed by atoms with Crippen molar-refractivity contribution >= 4 is 34.4 Å². The summed E-state index contributed by atoms with van der Waals surface area (Å²) in [6.07, 6.45) is -0.166. The van der Waals surface area contributed by atoms with Crippen LogP contribution >= 0.6 is 34.4 Å². The number of methoxy groups -OCH3 is 1. The summed E-state index contributed by atoms with van der Waals surface area (Å²) in [6.45, 7) is 5.17. The number of halogens is 1. The van der Waals surface area contributed by atoms with Gasteiger partial charge in [0.05, 0.1) is 6.54 Å². The van der Waals surface area contributed by atoms with Gasteiger partial charge in [0.2, 0.25) is 0 Å². The molecule has 8 heteroatoms. The smallest absolute Gasteiger partial charge is 0.191 e. The predicted octanol–water partition coefficient (Wildman–Crippen LogP) is 7.77. The number of aryl methyl sites for hydroxylation is 2. The largest absolute Gasteiger partial charge is 0.508 e. The molecule has 1 N–H and O–H groups in total. The maximum Gasteiger partial charge on any atom is 0.191 e. The zero-order valence-corrected chi connectivity index (χ0v) is 26.2.